The molecule has 0 spiro atoms. The van der Waals surface area contributed by atoms with Crippen molar-refractivity contribution < 1.29 is 4.79 Å². The Morgan fingerprint density at radius 1 is 1.36 bits per heavy atom. The second-order valence-electron chi connectivity index (χ2n) is 6.59. The number of carbonyl (C=O) groups is 1. The SMILES string of the molecule is CCN1CCC(n2nccc2NC(=O)C2CCC(N)C2)CC1. The first-order valence-electron chi connectivity index (χ1n) is 8.49. The molecule has 1 aliphatic heterocycles. The molecule has 3 rings (SSSR count). The molecule has 0 radical (unpaired) electrons. The van der Waals surface area contributed by atoms with Crippen molar-refractivity contribution >= 4 is 11.7 Å². The molecule has 1 saturated carbocycles. The zero-order chi connectivity index (χ0) is 15.5. The molecule has 1 amide bonds. The average Bonchev–Trinajstić information content (AvgIpc) is 3.16. The lowest BCUT2D eigenvalue weighted by molar-refractivity contribution is -0.119. The number of nitrogens with zero attached hydrogens (tertiary/aromatic N) is 3. The second-order valence-corrected chi connectivity index (χ2v) is 6.59. The van der Waals surface area contributed by atoms with Crippen molar-refractivity contribution in [2.75, 3.05) is 25.0 Å². The Labute approximate surface area is 132 Å². The summed E-state index contributed by atoms with van der Waals surface area (Å²) in [5, 5.41) is 7.51. The Hall–Kier alpha value is -1.40. The van der Waals surface area contributed by atoms with E-state index in [9.17, 15) is 4.79 Å². The van der Waals surface area contributed by atoms with Crippen molar-refractivity contribution in [1.29, 1.82) is 0 Å². The number of likely N-dealkylation sites (tertiary alicyclic amines) is 1. The molecule has 1 aliphatic carbocycles. The summed E-state index contributed by atoms with van der Waals surface area (Å²) in [6.07, 6.45) is 6.61. The molecule has 1 aromatic heterocycles. The highest BCUT2D eigenvalue weighted by atomic mass is 16.2. The van der Waals surface area contributed by atoms with E-state index in [1.807, 2.05) is 10.7 Å². The van der Waals surface area contributed by atoms with E-state index in [4.69, 9.17) is 5.73 Å². The predicted molar refractivity (Wildman–Crippen MR) is 86.6 cm³/mol. The van der Waals surface area contributed by atoms with Gasteiger partial charge in [-0.05, 0) is 38.6 Å². The van der Waals surface area contributed by atoms with Crippen molar-refractivity contribution in [2.45, 2.75) is 51.1 Å². The summed E-state index contributed by atoms with van der Waals surface area (Å²) in [6, 6.07) is 2.47. The summed E-state index contributed by atoms with van der Waals surface area (Å²) in [5.74, 6) is 0.987. The Bertz CT molecular complexity index is 506. The van der Waals surface area contributed by atoms with E-state index in [0.717, 1.165) is 57.6 Å². The molecular weight excluding hydrogens is 278 g/mol. The molecule has 6 nitrogen and oxygen atoms in total. The fourth-order valence-electron chi connectivity index (χ4n) is 3.67. The minimum atomic E-state index is 0.0558. The molecule has 0 aromatic carbocycles. The van der Waals surface area contributed by atoms with Crippen molar-refractivity contribution in [3.63, 3.8) is 0 Å². The van der Waals surface area contributed by atoms with Crippen LogP contribution in [0, 0.1) is 5.92 Å². The maximum absolute atomic E-state index is 12.4. The van der Waals surface area contributed by atoms with Crippen LogP contribution in [0.3, 0.4) is 0 Å². The number of hydrogen-bond acceptors (Lipinski definition) is 4. The Kier molecular flexibility index (Phi) is 4.78. The minimum absolute atomic E-state index is 0.0558. The van der Waals surface area contributed by atoms with Gasteiger partial charge in [0.25, 0.3) is 0 Å². The van der Waals surface area contributed by atoms with E-state index in [1.165, 1.54) is 0 Å². The Morgan fingerprint density at radius 3 is 2.77 bits per heavy atom. The lowest BCUT2D eigenvalue weighted by Crippen LogP contribution is -2.35. The topological polar surface area (TPSA) is 76.2 Å². The lowest BCUT2D eigenvalue weighted by Gasteiger charge is -2.31. The summed E-state index contributed by atoms with van der Waals surface area (Å²) in [5.41, 5.74) is 5.91. The first-order chi connectivity index (χ1) is 10.7. The third kappa shape index (κ3) is 3.33. The summed E-state index contributed by atoms with van der Waals surface area (Å²) in [4.78, 5) is 14.8. The van der Waals surface area contributed by atoms with Gasteiger partial charge in [-0.1, -0.05) is 6.92 Å². The number of aromatic nitrogens is 2. The molecule has 1 saturated heterocycles. The predicted octanol–water partition coefficient (Wildman–Crippen LogP) is 1.61. The number of carbonyl (C=O) groups excluding carboxylic acids is 1. The van der Waals surface area contributed by atoms with Crippen LogP contribution in [0.5, 0.6) is 0 Å². The first-order valence-corrected chi connectivity index (χ1v) is 8.49. The van der Waals surface area contributed by atoms with E-state index in [0.29, 0.717) is 6.04 Å². The molecule has 3 N–H and O–H groups in total. The first kappa shape index (κ1) is 15.5. The van der Waals surface area contributed by atoms with Gasteiger partial charge >= 0.3 is 0 Å². The van der Waals surface area contributed by atoms with Gasteiger partial charge in [0.15, 0.2) is 0 Å². The van der Waals surface area contributed by atoms with Crippen LogP contribution in [0.15, 0.2) is 12.3 Å². The molecule has 2 fully saturated rings. The molecule has 122 valence electrons. The summed E-state index contributed by atoms with van der Waals surface area (Å²) >= 11 is 0. The average molecular weight is 305 g/mol. The van der Waals surface area contributed by atoms with Crippen LogP contribution >= 0.6 is 0 Å². The molecule has 0 bridgehead atoms. The maximum Gasteiger partial charge on any atom is 0.228 e. The van der Waals surface area contributed by atoms with E-state index < -0.39 is 0 Å². The number of amides is 1. The van der Waals surface area contributed by atoms with E-state index in [1.54, 1.807) is 6.20 Å². The quantitative estimate of drug-likeness (QED) is 0.886. The van der Waals surface area contributed by atoms with Crippen LogP contribution in [0.4, 0.5) is 5.82 Å². The minimum Gasteiger partial charge on any atom is -0.328 e. The fourth-order valence-corrected chi connectivity index (χ4v) is 3.67. The van der Waals surface area contributed by atoms with E-state index in [-0.39, 0.29) is 17.9 Å². The van der Waals surface area contributed by atoms with Gasteiger partial charge in [0, 0.05) is 31.1 Å². The lowest BCUT2D eigenvalue weighted by atomic mass is 10.1. The van der Waals surface area contributed by atoms with Gasteiger partial charge in [0.1, 0.15) is 5.82 Å². The number of piperidine rings is 1. The molecule has 6 heteroatoms. The highest BCUT2D eigenvalue weighted by Crippen LogP contribution is 2.28. The molecule has 2 aliphatic rings. The fraction of sp³-hybridized carbons (Fsp3) is 0.750. The maximum atomic E-state index is 12.4. The van der Waals surface area contributed by atoms with Crippen molar-refractivity contribution in [1.82, 2.24) is 14.7 Å². The van der Waals surface area contributed by atoms with Gasteiger partial charge in [-0.15, -0.1) is 0 Å². The third-order valence-electron chi connectivity index (χ3n) is 5.12. The summed E-state index contributed by atoms with van der Waals surface area (Å²) in [7, 11) is 0. The Morgan fingerprint density at radius 2 is 2.14 bits per heavy atom. The van der Waals surface area contributed by atoms with Crippen LogP contribution in [0.2, 0.25) is 0 Å². The van der Waals surface area contributed by atoms with Gasteiger partial charge in [-0.25, -0.2) is 4.68 Å². The number of rotatable bonds is 4. The van der Waals surface area contributed by atoms with Crippen LogP contribution in [-0.4, -0.2) is 46.3 Å². The zero-order valence-corrected chi connectivity index (χ0v) is 13.4. The number of anilines is 1. The van der Waals surface area contributed by atoms with Crippen LogP contribution in [-0.2, 0) is 4.79 Å². The second kappa shape index (κ2) is 6.79. The van der Waals surface area contributed by atoms with Crippen LogP contribution < -0.4 is 11.1 Å². The molecule has 1 aromatic rings. The van der Waals surface area contributed by atoms with Gasteiger partial charge in [0.05, 0.1) is 12.2 Å². The van der Waals surface area contributed by atoms with Crippen molar-refractivity contribution in [2.24, 2.45) is 11.7 Å². The van der Waals surface area contributed by atoms with Crippen molar-refractivity contribution in [3.8, 4) is 0 Å². The number of nitrogens with one attached hydrogen (secondary N) is 1. The molecule has 2 heterocycles. The summed E-state index contributed by atoms with van der Waals surface area (Å²) < 4.78 is 2.00. The number of hydrogen-bond donors (Lipinski definition) is 2. The van der Waals surface area contributed by atoms with Gasteiger partial charge in [0.2, 0.25) is 5.91 Å². The van der Waals surface area contributed by atoms with Crippen molar-refractivity contribution in [3.05, 3.63) is 12.3 Å². The highest BCUT2D eigenvalue weighted by Gasteiger charge is 2.29. The van der Waals surface area contributed by atoms with Crippen LogP contribution in [0.25, 0.3) is 0 Å². The molecular formula is C16H27N5O. The van der Waals surface area contributed by atoms with E-state index >= 15 is 0 Å². The molecule has 2 unspecified atom stereocenters. The zero-order valence-electron chi connectivity index (χ0n) is 13.4. The highest BCUT2D eigenvalue weighted by molar-refractivity contribution is 5.92. The normalized spacial score (nSPS) is 27.2. The summed E-state index contributed by atoms with van der Waals surface area (Å²) in [6.45, 7) is 5.52. The number of nitrogens with two attached hydrogens (primary N) is 1. The molecule has 22 heavy (non-hydrogen) atoms. The largest absolute Gasteiger partial charge is 0.328 e. The molecule has 2 atom stereocenters. The smallest absolute Gasteiger partial charge is 0.228 e. The standard InChI is InChI=1S/C16H27N5O/c1-2-20-9-6-14(7-10-20)21-15(5-8-18-21)19-16(22)12-3-4-13(17)11-12/h5,8,12-14H,2-4,6-7,9-11,17H2,1H3,(H,19,22). The van der Waals surface area contributed by atoms with Gasteiger partial charge in [-0.3, -0.25) is 4.79 Å². The van der Waals surface area contributed by atoms with Gasteiger partial charge < -0.3 is 16.0 Å². The monoisotopic (exact) mass is 305 g/mol. The van der Waals surface area contributed by atoms with E-state index in [2.05, 4.69) is 22.2 Å². The third-order valence-corrected chi connectivity index (χ3v) is 5.12. The Balaban J connectivity index is 1.61. The van der Waals surface area contributed by atoms with Gasteiger partial charge in [-0.2, -0.15) is 5.10 Å². The van der Waals surface area contributed by atoms with Crippen LogP contribution in [0.1, 0.15) is 45.1 Å².